The summed E-state index contributed by atoms with van der Waals surface area (Å²) in [7, 11) is 1.29. The zero-order valence-corrected chi connectivity index (χ0v) is 12.0. The lowest BCUT2D eigenvalue weighted by Crippen LogP contribution is -2.34. The fourth-order valence-electron chi connectivity index (χ4n) is 1.52. The summed E-state index contributed by atoms with van der Waals surface area (Å²) >= 11 is 0. The molecule has 0 fully saturated rings. The molecule has 1 aromatic rings. The maximum absolute atomic E-state index is 12.2. The Morgan fingerprint density at radius 2 is 1.78 bits per heavy atom. The molecular formula is C12H20N2O3S. The highest BCUT2D eigenvalue weighted by atomic mass is 32.2. The van der Waals surface area contributed by atoms with Crippen molar-refractivity contribution in [3.63, 3.8) is 0 Å². The van der Waals surface area contributed by atoms with Gasteiger partial charge in [-0.05, 0) is 19.1 Å². The maximum Gasteiger partial charge on any atom is 0.244 e. The molecular weight excluding hydrogens is 252 g/mol. The summed E-state index contributed by atoms with van der Waals surface area (Å²) in [6.07, 6.45) is 0. The molecule has 1 N–H and O–H groups in total. The SMILES string of the molecule is CC(CO)N(C)c1ccccc1S(=O)(=O)N(C)C. The summed E-state index contributed by atoms with van der Waals surface area (Å²) in [6, 6.07) is 6.64. The first-order valence-corrected chi connectivity index (χ1v) is 7.11. The Morgan fingerprint density at radius 1 is 1.22 bits per heavy atom. The van der Waals surface area contributed by atoms with E-state index in [1.54, 1.807) is 36.2 Å². The van der Waals surface area contributed by atoms with Crippen molar-refractivity contribution in [1.29, 1.82) is 0 Å². The minimum Gasteiger partial charge on any atom is -0.394 e. The van der Waals surface area contributed by atoms with Crippen molar-refractivity contribution in [1.82, 2.24) is 4.31 Å². The molecule has 0 heterocycles. The molecule has 0 saturated carbocycles. The number of likely N-dealkylation sites (N-methyl/N-ethyl adjacent to an activating group) is 1. The van der Waals surface area contributed by atoms with Gasteiger partial charge in [0.2, 0.25) is 10.0 Å². The van der Waals surface area contributed by atoms with Crippen molar-refractivity contribution in [3.05, 3.63) is 24.3 Å². The van der Waals surface area contributed by atoms with Crippen LogP contribution in [0.1, 0.15) is 6.92 Å². The Morgan fingerprint density at radius 3 is 2.28 bits per heavy atom. The number of nitrogens with zero attached hydrogens (tertiary/aromatic N) is 2. The average Bonchev–Trinajstić information content (AvgIpc) is 2.36. The number of sulfonamides is 1. The molecule has 0 aliphatic heterocycles. The summed E-state index contributed by atoms with van der Waals surface area (Å²) in [5.41, 5.74) is 0.591. The topological polar surface area (TPSA) is 60.9 Å². The summed E-state index contributed by atoms with van der Waals surface area (Å²) in [5.74, 6) is 0. The number of benzene rings is 1. The number of rotatable bonds is 5. The van der Waals surface area contributed by atoms with Crippen molar-refractivity contribution in [2.75, 3.05) is 32.6 Å². The molecule has 5 nitrogen and oxygen atoms in total. The molecule has 1 rings (SSSR count). The van der Waals surface area contributed by atoms with E-state index in [0.717, 1.165) is 0 Å². The zero-order valence-electron chi connectivity index (χ0n) is 11.2. The van der Waals surface area contributed by atoms with Gasteiger partial charge in [0.25, 0.3) is 0 Å². The van der Waals surface area contributed by atoms with Gasteiger partial charge >= 0.3 is 0 Å². The first-order chi connectivity index (χ1) is 8.32. The first-order valence-electron chi connectivity index (χ1n) is 5.67. The van der Waals surface area contributed by atoms with Crippen LogP contribution in [0.3, 0.4) is 0 Å². The highest BCUT2D eigenvalue weighted by Gasteiger charge is 2.23. The molecule has 0 spiro atoms. The molecule has 0 saturated heterocycles. The number of hydrogen-bond donors (Lipinski definition) is 1. The van der Waals surface area contributed by atoms with E-state index in [9.17, 15) is 8.42 Å². The van der Waals surface area contributed by atoms with Gasteiger partial charge < -0.3 is 10.0 Å². The fraction of sp³-hybridized carbons (Fsp3) is 0.500. The Kier molecular flexibility index (Phi) is 4.72. The van der Waals surface area contributed by atoms with Crippen LogP contribution >= 0.6 is 0 Å². The van der Waals surface area contributed by atoms with Crippen LogP contribution < -0.4 is 4.90 Å². The van der Waals surface area contributed by atoms with Crippen LogP contribution in [0.15, 0.2) is 29.2 Å². The third-order valence-corrected chi connectivity index (χ3v) is 4.79. The zero-order chi connectivity index (χ0) is 13.9. The third kappa shape index (κ3) is 2.82. The van der Waals surface area contributed by atoms with E-state index < -0.39 is 10.0 Å². The normalized spacial score (nSPS) is 13.7. The average molecular weight is 272 g/mol. The highest BCUT2D eigenvalue weighted by Crippen LogP contribution is 2.27. The molecule has 0 amide bonds. The van der Waals surface area contributed by atoms with Crippen molar-refractivity contribution in [2.45, 2.75) is 17.9 Å². The summed E-state index contributed by atoms with van der Waals surface area (Å²) in [5, 5.41) is 9.17. The van der Waals surface area contributed by atoms with Gasteiger partial charge in [0, 0.05) is 27.2 Å². The lowest BCUT2D eigenvalue weighted by atomic mass is 10.2. The van der Waals surface area contributed by atoms with E-state index >= 15 is 0 Å². The van der Waals surface area contributed by atoms with Crippen LogP contribution in [0.2, 0.25) is 0 Å². The van der Waals surface area contributed by atoms with Crippen molar-refractivity contribution >= 4 is 15.7 Å². The second-order valence-electron chi connectivity index (χ2n) is 4.40. The number of anilines is 1. The predicted octanol–water partition coefficient (Wildman–Crippen LogP) is 0.754. The van der Waals surface area contributed by atoms with Crippen molar-refractivity contribution < 1.29 is 13.5 Å². The van der Waals surface area contributed by atoms with Crippen LogP contribution in [0.25, 0.3) is 0 Å². The van der Waals surface area contributed by atoms with Gasteiger partial charge in [0.15, 0.2) is 0 Å². The van der Waals surface area contributed by atoms with E-state index in [2.05, 4.69) is 0 Å². The van der Waals surface area contributed by atoms with Gasteiger partial charge in [-0.15, -0.1) is 0 Å². The number of aliphatic hydroxyl groups excluding tert-OH is 1. The first kappa shape index (κ1) is 14.9. The van der Waals surface area contributed by atoms with E-state index in [1.165, 1.54) is 18.4 Å². The largest absolute Gasteiger partial charge is 0.394 e. The second kappa shape index (κ2) is 5.69. The third-order valence-electron chi connectivity index (χ3n) is 2.93. The van der Waals surface area contributed by atoms with Crippen LogP contribution in [-0.4, -0.2) is 51.6 Å². The quantitative estimate of drug-likeness (QED) is 0.859. The Hall–Kier alpha value is -1.11. The van der Waals surface area contributed by atoms with Gasteiger partial charge in [-0.3, -0.25) is 0 Å². The highest BCUT2D eigenvalue weighted by molar-refractivity contribution is 7.89. The van der Waals surface area contributed by atoms with Gasteiger partial charge in [-0.1, -0.05) is 12.1 Å². The van der Waals surface area contributed by atoms with Gasteiger partial charge in [-0.2, -0.15) is 0 Å². The minimum absolute atomic E-state index is 0.0349. The summed E-state index contributed by atoms with van der Waals surface area (Å²) < 4.78 is 25.6. The van der Waals surface area contributed by atoms with Crippen LogP contribution in [0.4, 0.5) is 5.69 Å². The van der Waals surface area contributed by atoms with E-state index in [1.807, 2.05) is 6.92 Å². The molecule has 18 heavy (non-hydrogen) atoms. The van der Waals surface area contributed by atoms with E-state index in [0.29, 0.717) is 5.69 Å². The predicted molar refractivity (Wildman–Crippen MR) is 72.3 cm³/mol. The van der Waals surface area contributed by atoms with Crippen LogP contribution in [0, 0.1) is 0 Å². The molecule has 1 unspecified atom stereocenters. The molecule has 0 radical (unpaired) electrons. The molecule has 1 aromatic carbocycles. The maximum atomic E-state index is 12.2. The summed E-state index contributed by atoms with van der Waals surface area (Å²) in [4.78, 5) is 2.01. The van der Waals surface area contributed by atoms with Gasteiger partial charge in [0.05, 0.1) is 12.3 Å². The Balaban J connectivity index is 3.32. The molecule has 0 aliphatic rings. The Bertz CT molecular complexity index is 500. The lowest BCUT2D eigenvalue weighted by molar-refractivity contribution is 0.270. The fourth-order valence-corrected chi connectivity index (χ4v) is 2.64. The molecule has 0 bridgehead atoms. The van der Waals surface area contributed by atoms with Crippen LogP contribution in [0.5, 0.6) is 0 Å². The smallest absolute Gasteiger partial charge is 0.244 e. The molecule has 102 valence electrons. The lowest BCUT2D eigenvalue weighted by Gasteiger charge is -2.28. The van der Waals surface area contributed by atoms with Gasteiger partial charge in [-0.25, -0.2) is 12.7 Å². The van der Waals surface area contributed by atoms with Crippen LogP contribution in [-0.2, 0) is 10.0 Å². The molecule has 0 aliphatic carbocycles. The second-order valence-corrected chi connectivity index (χ2v) is 6.52. The number of aliphatic hydroxyl groups is 1. The number of para-hydroxylation sites is 1. The monoisotopic (exact) mass is 272 g/mol. The molecule has 1 atom stereocenters. The minimum atomic E-state index is -3.48. The van der Waals surface area contributed by atoms with Gasteiger partial charge in [0.1, 0.15) is 4.90 Å². The molecule has 6 heteroatoms. The Labute approximate surface area is 109 Å². The number of hydrogen-bond acceptors (Lipinski definition) is 4. The standard InChI is InChI=1S/C12H20N2O3S/c1-10(9-15)14(4)11-7-5-6-8-12(11)18(16,17)13(2)3/h5-8,10,15H,9H2,1-4H3. The van der Waals surface area contributed by atoms with E-state index in [-0.39, 0.29) is 17.5 Å². The molecule has 0 aromatic heterocycles. The van der Waals surface area contributed by atoms with Crippen molar-refractivity contribution in [3.8, 4) is 0 Å². The summed E-state index contributed by atoms with van der Waals surface area (Å²) in [6.45, 7) is 1.80. The van der Waals surface area contributed by atoms with Crippen molar-refractivity contribution in [2.24, 2.45) is 0 Å². The van der Waals surface area contributed by atoms with E-state index in [4.69, 9.17) is 5.11 Å².